The first-order chi connectivity index (χ1) is 7.66. The normalized spacial score (nSPS) is 33.3. The number of rotatable bonds is 2. The lowest BCUT2D eigenvalue weighted by Crippen LogP contribution is -2.38. The van der Waals surface area contributed by atoms with Gasteiger partial charge in [0.1, 0.15) is 0 Å². The van der Waals surface area contributed by atoms with Crippen molar-refractivity contribution in [2.45, 2.75) is 51.5 Å². The monoisotopic (exact) mass is 260 g/mol. The zero-order valence-corrected chi connectivity index (χ0v) is 11.5. The van der Waals surface area contributed by atoms with Crippen LogP contribution in [0.15, 0.2) is 0 Å². The van der Waals surface area contributed by atoms with E-state index < -0.39 is 0 Å². The first kappa shape index (κ1) is 14.8. The predicted octanol–water partition coefficient (Wildman–Crippen LogP) is 2.18. The van der Waals surface area contributed by atoms with Crippen LogP contribution in [0.5, 0.6) is 0 Å². The standard InChI is InChI=1S/C13H24N2O.ClH/c1-10-6-7-15(9-10)13(16)8-11-4-2-3-5-12(11)14;/h10-12H,2-9,14H2,1H3;1H. The highest BCUT2D eigenvalue weighted by atomic mass is 35.5. The molecule has 2 rings (SSSR count). The highest BCUT2D eigenvalue weighted by Gasteiger charge is 2.28. The number of likely N-dealkylation sites (tertiary alicyclic amines) is 1. The van der Waals surface area contributed by atoms with Crippen molar-refractivity contribution in [3.8, 4) is 0 Å². The lowest BCUT2D eigenvalue weighted by atomic mass is 9.83. The maximum Gasteiger partial charge on any atom is 0.222 e. The number of amides is 1. The van der Waals surface area contributed by atoms with Gasteiger partial charge < -0.3 is 10.6 Å². The van der Waals surface area contributed by atoms with E-state index in [1.165, 1.54) is 19.3 Å². The largest absolute Gasteiger partial charge is 0.342 e. The second-order valence-corrected chi connectivity index (χ2v) is 5.65. The highest BCUT2D eigenvalue weighted by Crippen LogP contribution is 2.27. The molecule has 2 N–H and O–H groups in total. The van der Waals surface area contributed by atoms with Crippen molar-refractivity contribution in [2.24, 2.45) is 17.6 Å². The minimum atomic E-state index is 0. The summed E-state index contributed by atoms with van der Waals surface area (Å²) < 4.78 is 0. The number of nitrogens with two attached hydrogens (primary N) is 1. The Morgan fingerprint density at radius 3 is 2.59 bits per heavy atom. The van der Waals surface area contributed by atoms with Gasteiger partial charge in [-0.3, -0.25) is 4.79 Å². The van der Waals surface area contributed by atoms with Gasteiger partial charge in [0.2, 0.25) is 5.91 Å². The number of halogens is 1. The molecular weight excluding hydrogens is 236 g/mol. The van der Waals surface area contributed by atoms with Gasteiger partial charge in [0.25, 0.3) is 0 Å². The molecule has 1 aliphatic heterocycles. The fraction of sp³-hybridized carbons (Fsp3) is 0.923. The van der Waals surface area contributed by atoms with E-state index in [1.807, 2.05) is 4.90 Å². The molecule has 0 aromatic carbocycles. The third-order valence-electron chi connectivity index (χ3n) is 4.18. The molecule has 0 aromatic rings. The second kappa shape index (κ2) is 6.60. The first-order valence-corrected chi connectivity index (χ1v) is 6.70. The van der Waals surface area contributed by atoms with Gasteiger partial charge in [-0.1, -0.05) is 19.8 Å². The van der Waals surface area contributed by atoms with Crippen molar-refractivity contribution in [3.05, 3.63) is 0 Å². The Morgan fingerprint density at radius 2 is 2.00 bits per heavy atom. The highest BCUT2D eigenvalue weighted by molar-refractivity contribution is 5.85. The zero-order valence-electron chi connectivity index (χ0n) is 10.7. The summed E-state index contributed by atoms with van der Waals surface area (Å²) in [6.45, 7) is 4.14. The average Bonchev–Trinajstić information content (AvgIpc) is 2.68. The van der Waals surface area contributed by atoms with Gasteiger partial charge >= 0.3 is 0 Å². The molecule has 3 nitrogen and oxygen atoms in total. The van der Waals surface area contributed by atoms with Crippen molar-refractivity contribution in [1.82, 2.24) is 4.90 Å². The molecule has 1 saturated heterocycles. The molecule has 1 saturated carbocycles. The smallest absolute Gasteiger partial charge is 0.222 e. The van der Waals surface area contributed by atoms with Crippen molar-refractivity contribution in [1.29, 1.82) is 0 Å². The van der Waals surface area contributed by atoms with Crippen molar-refractivity contribution in [3.63, 3.8) is 0 Å². The minimum Gasteiger partial charge on any atom is -0.342 e. The van der Waals surface area contributed by atoms with E-state index in [1.54, 1.807) is 0 Å². The third-order valence-corrected chi connectivity index (χ3v) is 4.18. The lowest BCUT2D eigenvalue weighted by Gasteiger charge is -2.29. The SMILES string of the molecule is CC1CCN(C(=O)CC2CCCCC2N)C1.Cl. The van der Waals surface area contributed by atoms with E-state index in [0.717, 1.165) is 25.9 Å². The summed E-state index contributed by atoms with van der Waals surface area (Å²) in [7, 11) is 0. The van der Waals surface area contributed by atoms with Crippen molar-refractivity contribution in [2.75, 3.05) is 13.1 Å². The summed E-state index contributed by atoms with van der Waals surface area (Å²) in [5.74, 6) is 1.47. The Kier molecular flexibility index (Phi) is 5.74. The third kappa shape index (κ3) is 3.85. The summed E-state index contributed by atoms with van der Waals surface area (Å²) in [5.41, 5.74) is 6.08. The van der Waals surface area contributed by atoms with Gasteiger partial charge in [0, 0.05) is 25.6 Å². The molecular formula is C13H25ClN2O. The van der Waals surface area contributed by atoms with Crippen LogP contribution < -0.4 is 5.73 Å². The fourth-order valence-electron chi connectivity index (χ4n) is 3.00. The average molecular weight is 261 g/mol. The van der Waals surface area contributed by atoms with Crippen LogP contribution in [0.1, 0.15) is 45.4 Å². The number of carbonyl (C=O) groups excluding carboxylic acids is 1. The Labute approximate surface area is 111 Å². The number of carbonyl (C=O) groups is 1. The number of nitrogens with zero attached hydrogens (tertiary/aromatic N) is 1. The fourth-order valence-corrected chi connectivity index (χ4v) is 3.00. The van der Waals surface area contributed by atoms with Crippen LogP contribution >= 0.6 is 12.4 Å². The maximum absolute atomic E-state index is 12.1. The van der Waals surface area contributed by atoms with Crippen LogP contribution in [0.25, 0.3) is 0 Å². The van der Waals surface area contributed by atoms with Gasteiger partial charge in [0.15, 0.2) is 0 Å². The number of hydrogen-bond acceptors (Lipinski definition) is 2. The van der Waals surface area contributed by atoms with Gasteiger partial charge in [-0.25, -0.2) is 0 Å². The van der Waals surface area contributed by atoms with E-state index >= 15 is 0 Å². The maximum atomic E-state index is 12.1. The molecule has 0 aromatic heterocycles. The predicted molar refractivity (Wildman–Crippen MR) is 72.2 cm³/mol. The minimum absolute atomic E-state index is 0. The summed E-state index contributed by atoms with van der Waals surface area (Å²) in [5, 5.41) is 0. The van der Waals surface area contributed by atoms with Crippen molar-refractivity contribution >= 4 is 18.3 Å². The second-order valence-electron chi connectivity index (χ2n) is 5.65. The molecule has 0 bridgehead atoms. The molecule has 100 valence electrons. The molecule has 2 fully saturated rings. The molecule has 1 aliphatic carbocycles. The van der Waals surface area contributed by atoms with Gasteiger partial charge in [0.05, 0.1) is 0 Å². The van der Waals surface area contributed by atoms with Gasteiger partial charge in [-0.05, 0) is 31.1 Å². The first-order valence-electron chi connectivity index (χ1n) is 6.70. The molecule has 0 spiro atoms. The topological polar surface area (TPSA) is 46.3 Å². The summed E-state index contributed by atoms with van der Waals surface area (Å²) >= 11 is 0. The van der Waals surface area contributed by atoms with Gasteiger partial charge in [-0.15, -0.1) is 12.4 Å². The summed E-state index contributed by atoms with van der Waals surface area (Å²) in [4.78, 5) is 14.1. The van der Waals surface area contributed by atoms with E-state index in [2.05, 4.69) is 6.92 Å². The lowest BCUT2D eigenvalue weighted by molar-refractivity contribution is -0.131. The molecule has 17 heavy (non-hydrogen) atoms. The van der Waals surface area contributed by atoms with Crippen LogP contribution in [-0.2, 0) is 4.79 Å². The van der Waals surface area contributed by atoms with Crippen molar-refractivity contribution < 1.29 is 4.79 Å². The Hall–Kier alpha value is -0.280. The Bertz CT molecular complexity index is 260. The Balaban J connectivity index is 0.00000144. The Morgan fingerprint density at radius 1 is 1.29 bits per heavy atom. The van der Waals surface area contributed by atoms with Crippen LogP contribution in [0.4, 0.5) is 0 Å². The van der Waals surface area contributed by atoms with Crippen LogP contribution in [0.2, 0.25) is 0 Å². The summed E-state index contributed by atoms with van der Waals surface area (Å²) in [6, 6.07) is 0.262. The summed E-state index contributed by atoms with van der Waals surface area (Å²) in [6.07, 6.45) is 6.61. The molecule has 3 atom stereocenters. The van der Waals surface area contributed by atoms with E-state index in [0.29, 0.717) is 24.2 Å². The molecule has 1 amide bonds. The van der Waals surface area contributed by atoms with E-state index in [4.69, 9.17) is 5.73 Å². The molecule has 1 heterocycles. The molecule has 2 aliphatic rings. The molecule has 0 radical (unpaired) electrons. The van der Waals surface area contributed by atoms with Crippen LogP contribution in [0, 0.1) is 11.8 Å². The molecule has 4 heteroatoms. The molecule has 3 unspecified atom stereocenters. The quantitative estimate of drug-likeness (QED) is 0.827. The van der Waals surface area contributed by atoms with E-state index in [-0.39, 0.29) is 18.4 Å². The number of hydrogen-bond donors (Lipinski definition) is 1. The van der Waals surface area contributed by atoms with Gasteiger partial charge in [-0.2, -0.15) is 0 Å². The van der Waals surface area contributed by atoms with Crippen LogP contribution in [0.3, 0.4) is 0 Å². The zero-order chi connectivity index (χ0) is 11.5. The van der Waals surface area contributed by atoms with Crippen LogP contribution in [-0.4, -0.2) is 29.9 Å². The van der Waals surface area contributed by atoms with E-state index in [9.17, 15) is 4.79 Å².